The van der Waals surface area contributed by atoms with Crippen LogP contribution in [-0.2, 0) is 9.59 Å². The van der Waals surface area contributed by atoms with Crippen molar-refractivity contribution in [3.05, 3.63) is 41.7 Å². The average Bonchev–Trinajstić information content (AvgIpc) is 3.34. The molecule has 1 aromatic carbocycles. The Hall–Kier alpha value is -2.70. The third-order valence-electron chi connectivity index (χ3n) is 5.87. The molecule has 7 heteroatoms. The summed E-state index contributed by atoms with van der Waals surface area (Å²) in [6.07, 6.45) is 5.60. The number of anilines is 1. The summed E-state index contributed by atoms with van der Waals surface area (Å²) in [5.41, 5.74) is 3.25. The van der Waals surface area contributed by atoms with Crippen molar-refractivity contribution in [1.82, 2.24) is 19.9 Å². The van der Waals surface area contributed by atoms with Gasteiger partial charge >= 0.3 is 0 Å². The zero-order valence-electron chi connectivity index (χ0n) is 15.8. The first-order valence-electron chi connectivity index (χ1n) is 9.55. The lowest BCUT2D eigenvalue weighted by molar-refractivity contribution is -0.137. The Labute approximate surface area is 158 Å². The molecule has 2 aliphatic rings. The molecule has 1 unspecified atom stereocenters. The number of aromatic nitrogens is 3. The van der Waals surface area contributed by atoms with Crippen molar-refractivity contribution in [2.24, 2.45) is 5.92 Å². The van der Waals surface area contributed by atoms with Gasteiger partial charge in [0.25, 0.3) is 0 Å². The molecule has 0 spiro atoms. The highest BCUT2D eigenvalue weighted by Gasteiger charge is 2.38. The van der Waals surface area contributed by atoms with Crippen LogP contribution in [0.4, 0.5) is 5.69 Å². The molecule has 142 valence electrons. The molecule has 2 aliphatic heterocycles. The summed E-state index contributed by atoms with van der Waals surface area (Å²) in [6.45, 7) is 5.99. The molecule has 4 rings (SSSR count). The Morgan fingerprint density at radius 2 is 1.93 bits per heavy atom. The van der Waals surface area contributed by atoms with Gasteiger partial charge in [0.2, 0.25) is 11.8 Å². The number of benzene rings is 1. The minimum atomic E-state index is -0.248. The fraction of sp³-hybridized carbons (Fsp3) is 0.500. The molecule has 2 fully saturated rings. The largest absolute Gasteiger partial charge is 0.342 e. The number of carbonyl (C=O) groups excluding carboxylic acids is 2. The molecule has 7 nitrogen and oxygen atoms in total. The van der Waals surface area contributed by atoms with Gasteiger partial charge in [-0.05, 0) is 49.9 Å². The summed E-state index contributed by atoms with van der Waals surface area (Å²) in [5.74, 6) is -0.108. The summed E-state index contributed by atoms with van der Waals surface area (Å²) in [7, 11) is 0. The summed E-state index contributed by atoms with van der Waals surface area (Å²) in [6, 6.07) is 6.33. The molecular weight excluding hydrogens is 342 g/mol. The minimum Gasteiger partial charge on any atom is -0.342 e. The Balaban J connectivity index is 1.39. The van der Waals surface area contributed by atoms with Crippen molar-refractivity contribution >= 4 is 17.5 Å². The molecule has 2 saturated heterocycles. The monoisotopic (exact) mass is 367 g/mol. The maximum Gasteiger partial charge on any atom is 0.228 e. The van der Waals surface area contributed by atoms with E-state index >= 15 is 0 Å². The molecule has 1 aromatic heterocycles. The lowest BCUT2D eigenvalue weighted by atomic mass is 10.0. The molecule has 0 N–H and O–H groups in total. The van der Waals surface area contributed by atoms with Crippen LogP contribution in [0.1, 0.15) is 36.4 Å². The van der Waals surface area contributed by atoms with E-state index in [1.807, 2.05) is 40.9 Å². The van der Waals surface area contributed by atoms with E-state index in [1.54, 1.807) is 11.1 Å². The van der Waals surface area contributed by atoms with Crippen molar-refractivity contribution in [1.29, 1.82) is 0 Å². The van der Waals surface area contributed by atoms with Crippen LogP contribution in [0.5, 0.6) is 0 Å². The number of hydrogen-bond donors (Lipinski definition) is 0. The maximum atomic E-state index is 12.9. The number of likely N-dealkylation sites (tertiary alicyclic amines) is 1. The van der Waals surface area contributed by atoms with Gasteiger partial charge in [0, 0.05) is 37.9 Å². The zero-order valence-corrected chi connectivity index (χ0v) is 15.8. The molecular formula is C20H25N5O2. The van der Waals surface area contributed by atoms with Crippen LogP contribution in [0.15, 0.2) is 30.6 Å². The predicted octanol–water partition coefficient (Wildman–Crippen LogP) is 2.11. The number of nitrogens with zero attached hydrogens (tertiary/aromatic N) is 5. The number of hydrogen-bond acceptors (Lipinski definition) is 4. The fourth-order valence-electron chi connectivity index (χ4n) is 4.04. The fourth-order valence-corrected chi connectivity index (χ4v) is 4.04. The molecule has 0 radical (unpaired) electrons. The van der Waals surface area contributed by atoms with Crippen molar-refractivity contribution in [3.63, 3.8) is 0 Å². The summed E-state index contributed by atoms with van der Waals surface area (Å²) < 4.78 is 1.88. The number of carbonyl (C=O) groups is 2. The lowest BCUT2D eigenvalue weighted by Gasteiger charge is -2.33. The summed E-state index contributed by atoms with van der Waals surface area (Å²) >= 11 is 0. The van der Waals surface area contributed by atoms with E-state index in [-0.39, 0.29) is 17.7 Å². The number of aryl methyl sites for hydroxylation is 2. The van der Waals surface area contributed by atoms with Crippen molar-refractivity contribution < 1.29 is 9.59 Å². The molecule has 0 saturated carbocycles. The second kappa shape index (κ2) is 7.13. The first-order chi connectivity index (χ1) is 13.0. The van der Waals surface area contributed by atoms with E-state index in [2.05, 4.69) is 17.2 Å². The van der Waals surface area contributed by atoms with Crippen LogP contribution < -0.4 is 4.90 Å². The molecule has 0 bridgehead atoms. The first-order valence-corrected chi connectivity index (χ1v) is 9.55. The van der Waals surface area contributed by atoms with E-state index in [0.29, 0.717) is 32.1 Å². The van der Waals surface area contributed by atoms with Crippen molar-refractivity contribution in [2.45, 2.75) is 39.2 Å². The smallest absolute Gasteiger partial charge is 0.228 e. The van der Waals surface area contributed by atoms with Gasteiger partial charge < -0.3 is 9.80 Å². The highest BCUT2D eigenvalue weighted by Crippen LogP contribution is 2.29. The van der Waals surface area contributed by atoms with Crippen LogP contribution in [-0.4, -0.2) is 51.3 Å². The van der Waals surface area contributed by atoms with Crippen LogP contribution >= 0.6 is 0 Å². The SMILES string of the molecule is Cc1ccc(N2CC(C(=O)N3CCC(n4ccnn4)CC3)CC2=O)cc1C. The molecule has 2 aromatic rings. The van der Waals surface area contributed by atoms with E-state index in [0.717, 1.165) is 24.1 Å². The van der Waals surface area contributed by atoms with Crippen LogP contribution in [0.25, 0.3) is 0 Å². The van der Waals surface area contributed by atoms with Gasteiger partial charge in [0.05, 0.1) is 18.2 Å². The van der Waals surface area contributed by atoms with Crippen molar-refractivity contribution in [3.8, 4) is 0 Å². The standard InChI is InChI=1S/C20H25N5O2/c1-14-3-4-18(11-15(14)2)24-13-16(12-19(24)26)20(27)23-8-5-17(6-9-23)25-10-7-21-22-25/h3-4,7,10-11,16-17H,5-6,8-9,12-13H2,1-2H3. The Morgan fingerprint density at radius 1 is 1.15 bits per heavy atom. The normalized spacial score (nSPS) is 21.1. The zero-order chi connectivity index (χ0) is 19.0. The Morgan fingerprint density at radius 3 is 2.59 bits per heavy atom. The summed E-state index contributed by atoms with van der Waals surface area (Å²) in [4.78, 5) is 29.1. The predicted molar refractivity (Wildman–Crippen MR) is 101 cm³/mol. The second-order valence-corrected chi connectivity index (χ2v) is 7.61. The maximum absolute atomic E-state index is 12.9. The van der Waals surface area contributed by atoms with Gasteiger partial charge in [-0.1, -0.05) is 11.3 Å². The average molecular weight is 367 g/mol. The van der Waals surface area contributed by atoms with E-state index in [4.69, 9.17) is 0 Å². The van der Waals surface area contributed by atoms with Gasteiger partial charge in [-0.25, -0.2) is 4.68 Å². The van der Waals surface area contributed by atoms with E-state index in [9.17, 15) is 9.59 Å². The summed E-state index contributed by atoms with van der Waals surface area (Å²) in [5, 5.41) is 7.93. The van der Waals surface area contributed by atoms with Gasteiger partial charge in [-0.2, -0.15) is 0 Å². The van der Waals surface area contributed by atoms with Crippen LogP contribution in [0.2, 0.25) is 0 Å². The number of piperidine rings is 1. The second-order valence-electron chi connectivity index (χ2n) is 7.61. The van der Waals surface area contributed by atoms with Gasteiger partial charge in [0.15, 0.2) is 0 Å². The highest BCUT2D eigenvalue weighted by molar-refractivity contribution is 6.00. The van der Waals surface area contributed by atoms with Crippen molar-refractivity contribution in [2.75, 3.05) is 24.5 Å². The van der Waals surface area contributed by atoms with E-state index < -0.39 is 0 Å². The van der Waals surface area contributed by atoms with Crippen LogP contribution in [0, 0.1) is 19.8 Å². The minimum absolute atomic E-state index is 0.0362. The van der Waals surface area contributed by atoms with Gasteiger partial charge in [-0.3, -0.25) is 9.59 Å². The quantitative estimate of drug-likeness (QED) is 0.833. The van der Waals surface area contributed by atoms with Gasteiger partial charge in [-0.15, -0.1) is 5.10 Å². The lowest BCUT2D eigenvalue weighted by Crippen LogP contribution is -2.43. The molecule has 27 heavy (non-hydrogen) atoms. The number of amides is 2. The topological polar surface area (TPSA) is 71.3 Å². The molecule has 1 atom stereocenters. The number of rotatable bonds is 3. The van der Waals surface area contributed by atoms with E-state index in [1.165, 1.54) is 5.56 Å². The first kappa shape index (κ1) is 17.7. The molecule has 0 aliphatic carbocycles. The van der Waals surface area contributed by atoms with Gasteiger partial charge in [0.1, 0.15) is 0 Å². The van der Waals surface area contributed by atoms with Crippen LogP contribution in [0.3, 0.4) is 0 Å². The third kappa shape index (κ3) is 3.46. The third-order valence-corrected chi connectivity index (χ3v) is 5.87. The Bertz CT molecular complexity index is 840. The highest BCUT2D eigenvalue weighted by atomic mass is 16.2. The molecule has 3 heterocycles. The Kier molecular flexibility index (Phi) is 4.68. The molecule has 2 amide bonds.